The summed E-state index contributed by atoms with van der Waals surface area (Å²) in [6, 6.07) is 37.9. The van der Waals surface area contributed by atoms with Crippen molar-refractivity contribution in [3.05, 3.63) is 145 Å². The van der Waals surface area contributed by atoms with Crippen LogP contribution in [0.15, 0.2) is 122 Å². The molecule has 9 rings (SSSR count). The van der Waals surface area contributed by atoms with Crippen LogP contribution >= 0.6 is 45.3 Å². The van der Waals surface area contributed by atoms with Crippen molar-refractivity contribution < 1.29 is 0 Å². The number of thiophene rings is 4. The Labute approximate surface area is 386 Å². The van der Waals surface area contributed by atoms with Gasteiger partial charge in [0.15, 0.2) is 0 Å². The van der Waals surface area contributed by atoms with Crippen molar-refractivity contribution in [1.29, 1.82) is 0 Å². The van der Waals surface area contributed by atoms with E-state index >= 15 is 0 Å². The highest BCUT2D eigenvalue weighted by Crippen LogP contribution is 2.56. The first-order chi connectivity index (χ1) is 30.5. The first-order valence-corrected chi connectivity index (χ1v) is 26.5. The predicted molar refractivity (Wildman–Crippen MR) is 283 cm³/mol. The predicted octanol–water partition coefficient (Wildman–Crippen LogP) is 19.6. The third-order valence-corrected chi connectivity index (χ3v) is 18.4. The number of allylic oxidation sites excluding steroid dienone is 2. The number of rotatable bonds is 20. The Morgan fingerprint density at radius 2 is 0.903 bits per heavy atom. The average molecular weight is 885 g/mol. The Balaban J connectivity index is 1.25. The maximum absolute atomic E-state index is 3.98. The summed E-state index contributed by atoms with van der Waals surface area (Å²) in [6.07, 6.45) is 18.2. The number of benzene rings is 5. The molecule has 0 bridgehead atoms. The minimum atomic E-state index is 0.686. The maximum Gasteiger partial charge on any atom is 0.0537 e. The lowest BCUT2D eigenvalue weighted by atomic mass is 9.90. The van der Waals surface area contributed by atoms with E-state index in [4.69, 9.17) is 0 Å². The van der Waals surface area contributed by atoms with Crippen molar-refractivity contribution in [2.45, 2.75) is 105 Å². The van der Waals surface area contributed by atoms with E-state index in [2.05, 4.69) is 138 Å². The second-order valence-electron chi connectivity index (χ2n) is 17.5. The van der Waals surface area contributed by atoms with E-state index in [1.165, 1.54) is 156 Å². The molecule has 9 aromatic rings. The lowest BCUT2D eigenvalue weighted by molar-refractivity contribution is 0.450. The smallest absolute Gasteiger partial charge is 0.0537 e. The van der Waals surface area contributed by atoms with Gasteiger partial charge in [0.05, 0.1) is 9.75 Å². The molecule has 0 fully saturated rings. The molecule has 0 radical (unpaired) electrons. The lowest BCUT2D eigenvalue weighted by Crippen LogP contribution is -2.03. The number of unbranched alkanes of at least 4 members (excludes halogenated alkanes) is 2. The zero-order valence-corrected chi connectivity index (χ0v) is 40.3. The molecule has 0 N–H and O–H groups in total. The van der Waals surface area contributed by atoms with E-state index in [-0.39, 0.29) is 0 Å². The third kappa shape index (κ3) is 8.29. The van der Waals surface area contributed by atoms with Crippen molar-refractivity contribution in [3.8, 4) is 40.4 Å². The Morgan fingerprint density at radius 3 is 1.27 bits per heavy atom. The largest absolute Gasteiger partial charge is 0.134 e. The topological polar surface area (TPSA) is 0 Å². The Morgan fingerprint density at radius 1 is 0.484 bits per heavy atom. The molecular weight excluding hydrogens is 825 g/mol. The minimum Gasteiger partial charge on any atom is -0.134 e. The summed E-state index contributed by atoms with van der Waals surface area (Å²) in [5, 5.41) is 8.64. The highest BCUT2D eigenvalue weighted by Gasteiger charge is 2.28. The molecule has 0 aliphatic heterocycles. The van der Waals surface area contributed by atoms with Crippen molar-refractivity contribution in [2.75, 3.05) is 0 Å². The van der Waals surface area contributed by atoms with Gasteiger partial charge in [0.2, 0.25) is 0 Å². The number of hydrogen-bond donors (Lipinski definition) is 0. The van der Waals surface area contributed by atoms with Gasteiger partial charge in [-0.1, -0.05) is 164 Å². The molecule has 4 heterocycles. The van der Waals surface area contributed by atoms with Gasteiger partial charge >= 0.3 is 0 Å². The molecule has 0 aliphatic carbocycles. The van der Waals surface area contributed by atoms with Crippen LogP contribution in [-0.2, 0) is 25.7 Å². The van der Waals surface area contributed by atoms with E-state index < -0.39 is 0 Å². The van der Waals surface area contributed by atoms with E-state index in [1.807, 2.05) is 57.5 Å². The molecule has 62 heavy (non-hydrogen) atoms. The van der Waals surface area contributed by atoms with Gasteiger partial charge in [-0.05, 0) is 106 Å². The van der Waals surface area contributed by atoms with Gasteiger partial charge in [-0.25, -0.2) is 0 Å². The summed E-state index contributed by atoms with van der Waals surface area (Å²) in [6.45, 7) is 17.4. The van der Waals surface area contributed by atoms with Gasteiger partial charge in [-0.3, -0.25) is 0 Å². The molecule has 0 nitrogen and oxygen atoms in total. The van der Waals surface area contributed by atoms with Gasteiger partial charge in [0, 0.05) is 50.5 Å². The first kappa shape index (κ1) is 43.0. The third-order valence-electron chi connectivity index (χ3n) is 13.3. The van der Waals surface area contributed by atoms with Crippen LogP contribution in [0.25, 0.3) is 82.1 Å². The Bertz CT molecular complexity index is 2740. The molecular formula is C58H60S4. The first-order valence-electron chi connectivity index (χ1n) is 23.2. The molecule has 2 unspecified atom stereocenters. The average Bonchev–Trinajstić information content (AvgIpc) is 4.10. The second kappa shape index (κ2) is 19.2. The van der Waals surface area contributed by atoms with Crippen LogP contribution in [0.5, 0.6) is 0 Å². The van der Waals surface area contributed by atoms with Crippen LogP contribution in [0, 0.1) is 11.8 Å². The maximum atomic E-state index is 3.98. The zero-order valence-electron chi connectivity index (χ0n) is 37.1. The Hall–Kier alpha value is -4.32. The zero-order chi connectivity index (χ0) is 42.7. The van der Waals surface area contributed by atoms with Gasteiger partial charge < -0.3 is 0 Å². The molecule has 0 saturated heterocycles. The van der Waals surface area contributed by atoms with Crippen LogP contribution in [0.3, 0.4) is 0 Å². The summed E-state index contributed by atoms with van der Waals surface area (Å²) in [5.41, 5.74) is 8.32. The van der Waals surface area contributed by atoms with E-state index in [9.17, 15) is 0 Å². The number of hydrogen-bond acceptors (Lipinski definition) is 4. The standard InChI is InChI=1S/C58H60S4/c1-7-13-19-37(11-5)33-43-35-49(41-29-25-39(17-9-3)26-30-41)61-55(43)57-53-45-21-15-24-48-52(45)54(46-22-16-23-47(59-57)51(46)53)58(60-48)56-44(34-38(12-6)20-14-8-2)36-50(62-56)42-31-27-40(18-10-4)28-32-42/h9-10,15-16,21-32,35-38H,3-4,7-8,11-14,17-20,33-34H2,1-2,5-6H3. The van der Waals surface area contributed by atoms with Crippen LogP contribution in [-0.4, -0.2) is 0 Å². The monoisotopic (exact) mass is 884 g/mol. The fraction of sp³-hybridized carbons (Fsp3) is 0.310. The minimum absolute atomic E-state index is 0.686. The molecule has 0 saturated carbocycles. The lowest BCUT2D eigenvalue weighted by Gasteiger charge is -2.15. The van der Waals surface area contributed by atoms with Crippen LogP contribution in [0.4, 0.5) is 0 Å². The van der Waals surface area contributed by atoms with Crippen LogP contribution in [0.2, 0.25) is 0 Å². The fourth-order valence-corrected chi connectivity index (χ4v) is 15.1. The van der Waals surface area contributed by atoms with Gasteiger partial charge in [-0.15, -0.1) is 58.5 Å². The molecule has 4 aromatic heterocycles. The molecule has 316 valence electrons. The van der Waals surface area contributed by atoms with E-state index in [0.717, 1.165) is 25.7 Å². The van der Waals surface area contributed by atoms with Gasteiger partial charge in [0.25, 0.3) is 0 Å². The van der Waals surface area contributed by atoms with Crippen LogP contribution in [0.1, 0.15) is 101 Å². The number of fused-ring (bicyclic) bond motifs is 2. The van der Waals surface area contributed by atoms with E-state index in [0.29, 0.717) is 11.8 Å². The van der Waals surface area contributed by atoms with Crippen molar-refractivity contribution >= 4 is 87.1 Å². The van der Waals surface area contributed by atoms with E-state index in [1.54, 1.807) is 0 Å². The molecule has 2 atom stereocenters. The normalized spacial score (nSPS) is 13.0. The molecule has 0 aliphatic rings. The van der Waals surface area contributed by atoms with Crippen molar-refractivity contribution in [3.63, 3.8) is 0 Å². The molecule has 4 heteroatoms. The van der Waals surface area contributed by atoms with Crippen molar-refractivity contribution in [2.24, 2.45) is 11.8 Å². The molecule has 0 amide bonds. The van der Waals surface area contributed by atoms with Crippen LogP contribution < -0.4 is 0 Å². The fourth-order valence-electron chi connectivity index (χ4n) is 9.83. The summed E-state index contributed by atoms with van der Waals surface area (Å²) in [4.78, 5) is 8.63. The highest BCUT2D eigenvalue weighted by atomic mass is 32.1. The summed E-state index contributed by atoms with van der Waals surface area (Å²) in [7, 11) is 0. The quantitative estimate of drug-likeness (QED) is 0.0528. The molecule has 0 spiro atoms. The van der Waals surface area contributed by atoms with Gasteiger partial charge in [0.1, 0.15) is 0 Å². The highest BCUT2D eigenvalue weighted by molar-refractivity contribution is 7.29. The van der Waals surface area contributed by atoms with Gasteiger partial charge in [-0.2, -0.15) is 0 Å². The van der Waals surface area contributed by atoms with Crippen molar-refractivity contribution in [1.82, 2.24) is 0 Å². The summed E-state index contributed by atoms with van der Waals surface area (Å²) in [5.74, 6) is 1.37. The SMILES string of the molecule is C=CCc1ccc(-c2cc(CC(CC)CCCC)c(-c3sc4cccc5c6c(-c7sc(-c8ccc(CC=C)cc8)cc7CC(CC)CCCC)sc7cccc(c3c45)c76)s2)cc1. The Kier molecular flexibility index (Phi) is 13.3. The summed E-state index contributed by atoms with van der Waals surface area (Å²) >= 11 is 8.09. The molecule has 5 aromatic carbocycles. The second-order valence-corrected chi connectivity index (χ2v) is 21.7. The summed E-state index contributed by atoms with van der Waals surface area (Å²) < 4.78 is 2.80.